The lowest BCUT2D eigenvalue weighted by atomic mass is 10.1. The van der Waals surface area contributed by atoms with Crippen molar-refractivity contribution in [3.05, 3.63) is 42.5 Å². The summed E-state index contributed by atoms with van der Waals surface area (Å²) in [7, 11) is 3.36. The minimum absolute atomic E-state index is 0.00940. The molecule has 0 aliphatic carbocycles. The van der Waals surface area contributed by atoms with E-state index >= 15 is 0 Å². The van der Waals surface area contributed by atoms with E-state index < -0.39 is 0 Å². The summed E-state index contributed by atoms with van der Waals surface area (Å²) < 4.78 is 6.86. The predicted molar refractivity (Wildman–Crippen MR) is 87.0 cm³/mol. The third kappa shape index (κ3) is 4.14. The SMILES string of the molecule is COC(CN)CC(=O)N(C)C(C)c1ccc(-n2cncn2)cc1. The molecule has 0 bridgehead atoms. The molecule has 0 spiro atoms. The van der Waals surface area contributed by atoms with Crippen LogP contribution in [0, 0.1) is 0 Å². The van der Waals surface area contributed by atoms with E-state index in [4.69, 9.17) is 10.5 Å². The molecule has 2 N–H and O–H groups in total. The second-order valence-corrected chi connectivity index (χ2v) is 5.41. The number of aromatic nitrogens is 3. The number of hydrogen-bond acceptors (Lipinski definition) is 5. The minimum atomic E-state index is -0.244. The van der Waals surface area contributed by atoms with Crippen LogP contribution in [0.4, 0.5) is 0 Å². The van der Waals surface area contributed by atoms with Crippen LogP contribution >= 0.6 is 0 Å². The summed E-state index contributed by atoms with van der Waals surface area (Å²) in [6.07, 6.45) is 3.18. The summed E-state index contributed by atoms with van der Waals surface area (Å²) in [4.78, 5) is 18.0. The lowest BCUT2D eigenvalue weighted by molar-refractivity contribution is -0.134. The number of amides is 1. The van der Waals surface area contributed by atoms with Crippen LogP contribution in [0.15, 0.2) is 36.9 Å². The molecule has 0 radical (unpaired) electrons. The van der Waals surface area contributed by atoms with Crippen molar-refractivity contribution in [2.45, 2.75) is 25.5 Å². The van der Waals surface area contributed by atoms with Crippen LogP contribution in [0.1, 0.15) is 24.9 Å². The molecule has 2 aromatic rings. The van der Waals surface area contributed by atoms with Gasteiger partial charge in [0.25, 0.3) is 0 Å². The van der Waals surface area contributed by atoms with Crippen molar-refractivity contribution in [3.63, 3.8) is 0 Å². The lowest BCUT2D eigenvalue weighted by Gasteiger charge is -2.27. The molecule has 1 aromatic heterocycles. The highest BCUT2D eigenvalue weighted by atomic mass is 16.5. The van der Waals surface area contributed by atoms with Gasteiger partial charge in [-0.3, -0.25) is 4.79 Å². The van der Waals surface area contributed by atoms with Gasteiger partial charge in [-0.1, -0.05) is 12.1 Å². The number of methoxy groups -OCH3 is 1. The molecule has 0 fully saturated rings. The third-order valence-corrected chi connectivity index (χ3v) is 4.03. The van der Waals surface area contributed by atoms with Gasteiger partial charge in [0.15, 0.2) is 0 Å². The van der Waals surface area contributed by atoms with Crippen molar-refractivity contribution in [2.24, 2.45) is 5.73 Å². The van der Waals surface area contributed by atoms with Crippen LogP contribution in [0.2, 0.25) is 0 Å². The highest BCUT2D eigenvalue weighted by Gasteiger charge is 2.20. The molecule has 1 amide bonds. The highest BCUT2D eigenvalue weighted by Crippen LogP contribution is 2.21. The number of hydrogen-bond donors (Lipinski definition) is 1. The fourth-order valence-corrected chi connectivity index (χ4v) is 2.29. The van der Waals surface area contributed by atoms with Gasteiger partial charge < -0.3 is 15.4 Å². The summed E-state index contributed by atoms with van der Waals surface area (Å²) in [5.74, 6) is 0.00940. The average Bonchev–Trinajstić information content (AvgIpc) is 3.12. The maximum absolute atomic E-state index is 12.3. The Morgan fingerprint density at radius 3 is 2.61 bits per heavy atom. The molecule has 0 saturated heterocycles. The minimum Gasteiger partial charge on any atom is -0.380 e. The molecule has 2 atom stereocenters. The summed E-state index contributed by atoms with van der Waals surface area (Å²) >= 11 is 0. The number of rotatable bonds is 7. The van der Waals surface area contributed by atoms with E-state index in [9.17, 15) is 4.79 Å². The topological polar surface area (TPSA) is 86.3 Å². The van der Waals surface area contributed by atoms with Crippen LogP contribution in [-0.2, 0) is 9.53 Å². The summed E-state index contributed by atoms with van der Waals surface area (Å²) in [5, 5.41) is 4.09. The van der Waals surface area contributed by atoms with E-state index in [1.165, 1.54) is 6.33 Å². The van der Waals surface area contributed by atoms with Gasteiger partial charge in [0.2, 0.25) is 5.91 Å². The van der Waals surface area contributed by atoms with Gasteiger partial charge in [-0.2, -0.15) is 5.10 Å². The first-order valence-electron chi connectivity index (χ1n) is 7.50. The fourth-order valence-electron chi connectivity index (χ4n) is 2.29. The van der Waals surface area contributed by atoms with Crippen LogP contribution in [0.3, 0.4) is 0 Å². The van der Waals surface area contributed by atoms with Gasteiger partial charge >= 0.3 is 0 Å². The molecule has 23 heavy (non-hydrogen) atoms. The van der Waals surface area contributed by atoms with E-state index in [0.29, 0.717) is 6.54 Å². The lowest BCUT2D eigenvalue weighted by Crippen LogP contribution is -2.35. The number of benzene rings is 1. The molecule has 1 aromatic carbocycles. The number of carbonyl (C=O) groups is 1. The maximum Gasteiger partial charge on any atom is 0.225 e. The zero-order valence-electron chi connectivity index (χ0n) is 13.7. The number of nitrogens with zero attached hydrogens (tertiary/aromatic N) is 4. The largest absolute Gasteiger partial charge is 0.380 e. The Labute approximate surface area is 136 Å². The molecule has 2 unspecified atom stereocenters. The Morgan fingerprint density at radius 2 is 2.09 bits per heavy atom. The summed E-state index contributed by atoms with van der Waals surface area (Å²) in [5.41, 5.74) is 7.55. The normalized spacial score (nSPS) is 13.6. The molecular weight excluding hydrogens is 294 g/mol. The number of nitrogens with two attached hydrogens (primary N) is 1. The molecule has 0 aliphatic rings. The average molecular weight is 317 g/mol. The molecule has 1 heterocycles. The summed E-state index contributed by atoms with van der Waals surface area (Å²) in [6.45, 7) is 2.32. The molecule has 2 rings (SSSR count). The maximum atomic E-state index is 12.3. The zero-order valence-corrected chi connectivity index (χ0v) is 13.7. The molecule has 0 aliphatic heterocycles. The van der Waals surface area contributed by atoms with E-state index in [0.717, 1.165) is 11.3 Å². The van der Waals surface area contributed by atoms with Crippen molar-refractivity contribution in [1.82, 2.24) is 19.7 Å². The van der Waals surface area contributed by atoms with Gasteiger partial charge in [0.05, 0.1) is 24.3 Å². The van der Waals surface area contributed by atoms with Crippen molar-refractivity contribution >= 4 is 5.91 Å². The summed E-state index contributed by atoms with van der Waals surface area (Å²) in [6, 6.07) is 7.85. The van der Waals surface area contributed by atoms with Gasteiger partial charge in [-0.15, -0.1) is 0 Å². The van der Waals surface area contributed by atoms with Gasteiger partial charge in [-0.05, 0) is 24.6 Å². The first-order chi connectivity index (χ1) is 11.1. The van der Waals surface area contributed by atoms with Gasteiger partial charge in [0, 0.05) is 20.7 Å². The van der Waals surface area contributed by atoms with Crippen molar-refractivity contribution in [1.29, 1.82) is 0 Å². The highest BCUT2D eigenvalue weighted by molar-refractivity contribution is 5.77. The van der Waals surface area contributed by atoms with Crippen molar-refractivity contribution in [2.75, 3.05) is 20.7 Å². The van der Waals surface area contributed by atoms with E-state index in [1.807, 2.05) is 31.2 Å². The predicted octanol–water partition coefficient (Wildman–Crippen LogP) is 1.15. The van der Waals surface area contributed by atoms with Crippen LogP contribution < -0.4 is 5.73 Å². The van der Waals surface area contributed by atoms with Crippen LogP contribution in [-0.4, -0.2) is 52.4 Å². The molecule has 7 nitrogen and oxygen atoms in total. The Bertz CT molecular complexity index is 608. The zero-order chi connectivity index (χ0) is 16.8. The first-order valence-corrected chi connectivity index (χ1v) is 7.50. The monoisotopic (exact) mass is 317 g/mol. The smallest absolute Gasteiger partial charge is 0.225 e. The fraction of sp³-hybridized carbons (Fsp3) is 0.438. The van der Waals surface area contributed by atoms with E-state index in [2.05, 4.69) is 10.1 Å². The third-order valence-electron chi connectivity index (χ3n) is 4.03. The van der Waals surface area contributed by atoms with E-state index in [1.54, 1.807) is 30.1 Å². The number of ether oxygens (including phenoxy) is 1. The molecule has 0 saturated carbocycles. The van der Waals surface area contributed by atoms with Crippen molar-refractivity contribution in [3.8, 4) is 5.69 Å². The Kier molecular flexibility index (Phi) is 5.84. The quantitative estimate of drug-likeness (QED) is 0.828. The molecular formula is C16H23N5O2. The molecule has 124 valence electrons. The van der Waals surface area contributed by atoms with Gasteiger partial charge in [0.1, 0.15) is 12.7 Å². The number of carbonyl (C=O) groups excluding carboxylic acids is 1. The van der Waals surface area contributed by atoms with E-state index in [-0.39, 0.29) is 24.5 Å². The van der Waals surface area contributed by atoms with Crippen molar-refractivity contribution < 1.29 is 9.53 Å². The van der Waals surface area contributed by atoms with Crippen LogP contribution in [0.5, 0.6) is 0 Å². The first kappa shape index (κ1) is 17.1. The second-order valence-electron chi connectivity index (χ2n) is 5.41. The Balaban J connectivity index is 2.04. The Morgan fingerprint density at radius 1 is 1.39 bits per heavy atom. The van der Waals surface area contributed by atoms with Crippen LogP contribution in [0.25, 0.3) is 5.69 Å². The Hall–Kier alpha value is -2.25. The second kappa shape index (κ2) is 7.85. The van der Waals surface area contributed by atoms with Gasteiger partial charge in [-0.25, -0.2) is 9.67 Å². The standard InChI is InChI=1S/C16H23N5O2/c1-12(20(2)16(22)8-15(9-17)23-3)13-4-6-14(7-5-13)21-11-18-10-19-21/h4-7,10-12,15H,8-9,17H2,1-3H3. The molecule has 7 heteroatoms.